The summed E-state index contributed by atoms with van der Waals surface area (Å²) in [4.78, 5) is 2.91. The molecule has 0 spiro atoms. The fraction of sp³-hybridized carbons (Fsp3) is 0.412. The third kappa shape index (κ3) is 2.60. The average Bonchev–Trinajstić information content (AvgIpc) is 3.01. The molecule has 2 heteroatoms. The second kappa shape index (κ2) is 5.48. The van der Waals surface area contributed by atoms with Crippen LogP contribution in [0.2, 0.25) is 0 Å². The molecule has 1 atom stereocenters. The Bertz CT molecular complexity index is 533. The monoisotopic (exact) mass is 271 g/mol. The van der Waals surface area contributed by atoms with Gasteiger partial charge in [-0.2, -0.15) is 0 Å². The molecular weight excluding hydrogens is 250 g/mol. The summed E-state index contributed by atoms with van der Waals surface area (Å²) in [5.74, 6) is 0.704. The van der Waals surface area contributed by atoms with E-state index in [-0.39, 0.29) is 0 Å². The molecule has 100 valence electrons. The van der Waals surface area contributed by atoms with Crippen molar-refractivity contribution < 1.29 is 0 Å². The number of hydrogen-bond donors (Lipinski definition) is 1. The standard InChI is InChI=1S/C17H21NS/c1-3-18-17(16-9-8-12(2)19-16)15-10-13-6-4-5-7-14(13)11-15/h4-9,15,17-18H,3,10-11H2,1-2H3. The van der Waals surface area contributed by atoms with Crippen molar-refractivity contribution in [1.29, 1.82) is 0 Å². The molecular formula is C17H21NS. The number of thiophene rings is 1. The van der Waals surface area contributed by atoms with Crippen molar-refractivity contribution in [1.82, 2.24) is 5.32 Å². The van der Waals surface area contributed by atoms with Crippen LogP contribution in [0.3, 0.4) is 0 Å². The first-order chi connectivity index (χ1) is 9.28. The van der Waals surface area contributed by atoms with Crippen LogP contribution in [0.1, 0.15) is 33.8 Å². The minimum atomic E-state index is 0.510. The Morgan fingerprint density at radius 1 is 1.16 bits per heavy atom. The highest BCUT2D eigenvalue weighted by Gasteiger charge is 2.29. The molecule has 1 N–H and O–H groups in total. The smallest absolute Gasteiger partial charge is 0.0449 e. The van der Waals surface area contributed by atoms with Gasteiger partial charge < -0.3 is 5.32 Å². The summed E-state index contributed by atoms with van der Waals surface area (Å²) in [6.07, 6.45) is 2.43. The van der Waals surface area contributed by atoms with Gasteiger partial charge in [0.2, 0.25) is 0 Å². The summed E-state index contributed by atoms with van der Waals surface area (Å²) in [5.41, 5.74) is 3.09. The van der Waals surface area contributed by atoms with Crippen LogP contribution in [-0.4, -0.2) is 6.54 Å². The second-order valence-corrected chi connectivity index (χ2v) is 6.74. The molecule has 0 amide bonds. The van der Waals surface area contributed by atoms with E-state index in [1.54, 1.807) is 11.1 Å². The Balaban J connectivity index is 1.83. The summed E-state index contributed by atoms with van der Waals surface area (Å²) in [7, 11) is 0. The Labute approximate surface area is 119 Å². The first kappa shape index (κ1) is 12.9. The quantitative estimate of drug-likeness (QED) is 0.882. The van der Waals surface area contributed by atoms with Gasteiger partial charge >= 0.3 is 0 Å². The molecule has 1 aliphatic carbocycles. The lowest BCUT2D eigenvalue weighted by Gasteiger charge is -2.23. The molecule has 2 aromatic rings. The van der Waals surface area contributed by atoms with Crippen LogP contribution < -0.4 is 5.32 Å². The molecule has 1 aliphatic rings. The van der Waals surface area contributed by atoms with Crippen molar-refractivity contribution in [3.8, 4) is 0 Å². The number of benzene rings is 1. The van der Waals surface area contributed by atoms with E-state index in [4.69, 9.17) is 0 Å². The van der Waals surface area contributed by atoms with E-state index >= 15 is 0 Å². The molecule has 0 bridgehead atoms. The van der Waals surface area contributed by atoms with Gasteiger partial charge in [-0.15, -0.1) is 11.3 Å². The zero-order valence-corrected chi connectivity index (χ0v) is 12.5. The van der Waals surface area contributed by atoms with E-state index in [1.165, 1.54) is 22.6 Å². The van der Waals surface area contributed by atoms with Crippen molar-refractivity contribution in [3.05, 3.63) is 57.3 Å². The summed E-state index contributed by atoms with van der Waals surface area (Å²) < 4.78 is 0. The molecule has 1 nitrogen and oxygen atoms in total. The van der Waals surface area contributed by atoms with Gasteiger partial charge in [0.25, 0.3) is 0 Å². The van der Waals surface area contributed by atoms with Crippen LogP contribution in [0.5, 0.6) is 0 Å². The van der Waals surface area contributed by atoms with Gasteiger partial charge in [0.05, 0.1) is 0 Å². The fourth-order valence-corrected chi connectivity index (χ4v) is 4.22. The van der Waals surface area contributed by atoms with Gasteiger partial charge in [-0.3, -0.25) is 0 Å². The second-order valence-electron chi connectivity index (χ2n) is 5.42. The molecule has 0 fully saturated rings. The predicted molar refractivity (Wildman–Crippen MR) is 82.8 cm³/mol. The highest BCUT2D eigenvalue weighted by atomic mass is 32.1. The Morgan fingerprint density at radius 3 is 2.37 bits per heavy atom. The lowest BCUT2D eigenvalue weighted by Crippen LogP contribution is -2.28. The Hall–Kier alpha value is -1.12. The summed E-state index contributed by atoms with van der Waals surface area (Å²) in [5, 5.41) is 3.70. The molecule has 0 radical (unpaired) electrons. The number of fused-ring (bicyclic) bond motifs is 1. The molecule has 1 aromatic carbocycles. The van der Waals surface area contributed by atoms with Gasteiger partial charge in [0.15, 0.2) is 0 Å². The Morgan fingerprint density at radius 2 is 1.84 bits per heavy atom. The van der Waals surface area contributed by atoms with Crippen LogP contribution in [-0.2, 0) is 12.8 Å². The minimum absolute atomic E-state index is 0.510. The molecule has 3 rings (SSSR count). The molecule has 0 aliphatic heterocycles. The zero-order valence-electron chi connectivity index (χ0n) is 11.6. The topological polar surface area (TPSA) is 12.0 Å². The van der Waals surface area contributed by atoms with Crippen LogP contribution in [0.25, 0.3) is 0 Å². The van der Waals surface area contributed by atoms with Gasteiger partial charge in [-0.05, 0) is 55.5 Å². The maximum Gasteiger partial charge on any atom is 0.0449 e. The summed E-state index contributed by atoms with van der Waals surface area (Å²) >= 11 is 1.94. The molecule has 1 unspecified atom stereocenters. The van der Waals surface area contributed by atoms with Crippen molar-refractivity contribution in [2.45, 2.75) is 32.7 Å². The van der Waals surface area contributed by atoms with E-state index < -0.39 is 0 Å². The molecule has 0 saturated heterocycles. The molecule has 1 heterocycles. The largest absolute Gasteiger partial charge is 0.309 e. The van der Waals surface area contributed by atoms with Crippen LogP contribution in [0.4, 0.5) is 0 Å². The third-order valence-electron chi connectivity index (χ3n) is 4.05. The normalized spacial score (nSPS) is 16.5. The van der Waals surface area contributed by atoms with E-state index in [9.17, 15) is 0 Å². The van der Waals surface area contributed by atoms with E-state index in [0.29, 0.717) is 12.0 Å². The lowest BCUT2D eigenvalue weighted by atomic mass is 9.95. The van der Waals surface area contributed by atoms with E-state index in [0.717, 1.165) is 6.54 Å². The van der Waals surface area contributed by atoms with Crippen LogP contribution >= 0.6 is 11.3 Å². The van der Waals surface area contributed by atoms with E-state index in [1.807, 2.05) is 11.3 Å². The van der Waals surface area contributed by atoms with Gasteiger partial charge in [0.1, 0.15) is 0 Å². The zero-order chi connectivity index (χ0) is 13.2. The maximum absolute atomic E-state index is 3.70. The number of hydrogen-bond acceptors (Lipinski definition) is 2. The molecule has 0 saturated carbocycles. The lowest BCUT2D eigenvalue weighted by molar-refractivity contribution is 0.386. The van der Waals surface area contributed by atoms with Gasteiger partial charge in [0, 0.05) is 15.8 Å². The number of aryl methyl sites for hydroxylation is 1. The van der Waals surface area contributed by atoms with Crippen molar-refractivity contribution in [2.24, 2.45) is 5.92 Å². The first-order valence-electron chi connectivity index (χ1n) is 7.14. The van der Waals surface area contributed by atoms with Gasteiger partial charge in [-0.25, -0.2) is 0 Å². The van der Waals surface area contributed by atoms with Crippen LogP contribution in [0, 0.1) is 12.8 Å². The highest BCUT2D eigenvalue weighted by molar-refractivity contribution is 7.12. The Kier molecular flexibility index (Phi) is 3.72. The fourth-order valence-electron chi connectivity index (χ4n) is 3.17. The summed E-state index contributed by atoms with van der Waals surface area (Å²) in [6.45, 7) is 5.44. The SMILES string of the molecule is CCNC(c1ccc(C)s1)C1Cc2ccccc2C1. The van der Waals surface area contributed by atoms with E-state index in [2.05, 4.69) is 55.6 Å². The van der Waals surface area contributed by atoms with Gasteiger partial charge in [-0.1, -0.05) is 31.2 Å². The summed E-state index contributed by atoms with van der Waals surface area (Å²) in [6, 6.07) is 14.0. The minimum Gasteiger partial charge on any atom is -0.309 e. The van der Waals surface area contributed by atoms with Crippen molar-refractivity contribution in [2.75, 3.05) is 6.54 Å². The maximum atomic E-state index is 3.70. The molecule has 19 heavy (non-hydrogen) atoms. The number of rotatable bonds is 4. The first-order valence-corrected chi connectivity index (χ1v) is 7.96. The average molecular weight is 271 g/mol. The van der Waals surface area contributed by atoms with Crippen molar-refractivity contribution in [3.63, 3.8) is 0 Å². The highest BCUT2D eigenvalue weighted by Crippen LogP contribution is 2.37. The predicted octanol–water partition coefficient (Wildman–Crippen LogP) is 4.12. The van der Waals surface area contributed by atoms with Crippen molar-refractivity contribution >= 4 is 11.3 Å². The van der Waals surface area contributed by atoms with Crippen LogP contribution in [0.15, 0.2) is 36.4 Å². The number of nitrogens with one attached hydrogen (secondary N) is 1. The molecule has 1 aromatic heterocycles. The third-order valence-corrected chi connectivity index (χ3v) is 5.13.